The standard InChI is InChI=1S/C28H32N4O2.C2HF3O2/c1-20-8-11-23(12-9-20)19-29-28(30-25-6-4-5-24(18-25)27(33)34)32-15-13-31(14-16-32)26-17-21(2)7-10-22(26)3;3-2(4,5)1(6)7/h4-12,17-18H,13-16,19H2,1-3H3,(H,29,30)(H,33,34);(H,6,7). The number of carbonyl (C=O) groups is 2. The van der Waals surface area contributed by atoms with Crippen molar-refractivity contribution in [2.45, 2.75) is 33.5 Å². The maximum atomic E-state index is 11.4. The van der Waals surface area contributed by atoms with Crippen molar-refractivity contribution in [2.24, 2.45) is 4.99 Å². The molecule has 0 spiro atoms. The third kappa shape index (κ3) is 9.26. The summed E-state index contributed by atoms with van der Waals surface area (Å²) in [5, 5.41) is 19.9. The van der Waals surface area contributed by atoms with Gasteiger partial charge in [-0.05, 0) is 61.7 Å². The number of aliphatic carboxylic acids is 1. The molecule has 1 saturated heterocycles. The minimum absolute atomic E-state index is 0.252. The van der Waals surface area contributed by atoms with Crippen molar-refractivity contribution in [1.29, 1.82) is 0 Å². The molecule has 1 aliphatic rings. The number of hydrogen-bond donors (Lipinski definition) is 3. The molecule has 3 aromatic rings. The van der Waals surface area contributed by atoms with Crippen LogP contribution < -0.4 is 10.2 Å². The topological polar surface area (TPSA) is 105 Å². The maximum absolute atomic E-state index is 11.4. The van der Waals surface area contributed by atoms with Gasteiger partial charge in [0.15, 0.2) is 5.96 Å². The molecule has 3 N–H and O–H groups in total. The number of carboxylic acids is 2. The predicted octanol–water partition coefficient (Wildman–Crippen LogP) is 5.73. The van der Waals surface area contributed by atoms with Crippen LogP contribution in [-0.2, 0) is 11.3 Å². The van der Waals surface area contributed by atoms with Gasteiger partial charge in [-0.15, -0.1) is 0 Å². The highest BCUT2D eigenvalue weighted by Crippen LogP contribution is 2.23. The molecule has 11 heteroatoms. The van der Waals surface area contributed by atoms with Crippen molar-refractivity contribution >= 4 is 29.3 Å². The summed E-state index contributed by atoms with van der Waals surface area (Å²) >= 11 is 0. The van der Waals surface area contributed by atoms with Crippen LogP contribution in [0.15, 0.2) is 71.7 Å². The third-order valence-corrected chi connectivity index (χ3v) is 6.42. The Morgan fingerprint density at radius 2 is 1.49 bits per heavy atom. The van der Waals surface area contributed by atoms with Gasteiger partial charge in [0.25, 0.3) is 0 Å². The highest BCUT2D eigenvalue weighted by Gasteiger charge is 2.38. The SMILES string of the molecule is Cc1ccc(CN=C(Nc2cccc(C(=O)O)c2)N2CCN(c3cc(C)ccc3C)CC2)cc1.O=C(O)C(F)(F)F. The summed E-state index contributed by atoms with van der Waals surface area (Å²) in [5.41, 5.74) is 7.18. The fraction of sp³-hybridized carbons (Fsp3) is 0.300. The number of piperazine rings is 1. The summed E-state index contributed by atoms with van der Waals surface area (Å²) in [6, 6.07) is 21.8. The van der Waals surface area contributed by atoms with E-state index >= 15 is 0 Å². The van der Waals surface area contributed by atoms with Gasteiger partial charge >= 0.3 is 18.1 Å². The van der Waals surface area contributed by atoms with Gasteiger partial charge in [-0.25, -0.2) is 14.6 Å². The molecule has 4 rings (SSSR count). The fourth-order valence-electron chi connectivity index (χ4n) is 4.16. The van der Waals surface area contributed by atoms with Gasteiger partial charge in [0.2, 0.25) is 0 Å². The van der Waals surface area contributed by atoms with Crippen molar-refractivity contribution < 1.29 is 33.0 Å². The van der Waals surface area contributed by atoms with Crippen LogP contribution in [0.3, 0.4) is 0 Å². The molecule has 1 fully saturated rings. The Kier molecular flexibility index (Phi) is 10.3. The van der Waals surface area contributed by atoms with Crippen molar-refractivity contribution in [2.75, 3.05) is 36.4 Å². The van der Waals surface area contributed by atoms with Crippen molar-refractivity contribution in [3.8, 4) is 0 Å². The second kappa shape index (κ2) is 13.7. The van der Waals surface area contributed by atoms with Gasteiger partial charge in [0.1, 0.15) is 0 Å². The second-order valence-corrected chi connectivity index (χ2v) is 9.70. The minimum atomic E-state index is -5.08. The molecule has 0 bridgehead atoms. The summed E-state index contributed by atoms with van der Waals surface area (Å²) < 4.78 is 31.7. The molecule has 0 saturated carbocycles. The van der Waals surface area contributed by atoms with Crippen LogP contribution in [0.2, 0.25) is 0 Å². The number of carboxylic acid groups (broad SMARTS) is 2. The van der Waals surface area contributed by atoms with Crippen LogP contribution >= 0.6 is 0 Å². The van der Waals surface area contributed by atoms with Crippen LogP contribution in [0, 0.1) is 20.8 Å². The molecule has 41 heavy (non-hydrogen) atoms. The molecule has 3 aromatic carbocycles. The highest BCUT2D eigenvalue weighted by molar-refractivity contribution is 5.96. The van der Waals surface area contributed by atoms with Crippen LogP contribution in [-0.4, -0.2) is 65.4 Å². The highest BCUT2D eigenvalue weighted by atomic mass is 19.4. The molecule has 0 amide bonds. The van der Waals surface area contributed by atoms with E-state index in [0.29, 0.717) is 6.54 Å². The first kappa shape index (κ1) is 31.0. The molecule has 8 nitrogen and oxygen atoms in total. The summed E-state index contributed by atoms with van der Waals surface area (Å²) in [6.07, 6.45) is -5.08. The number of nitrogens with one attached hydrogen (secondary N) is 1. The molecule has 0 atom stereocenters. The van der Waals surface area contributed by atoms with Crippen LogP contribution in [0.25, 0.3) is 0 Å². The Balaban J connectivity index is 0.000000587. The smallest absolute Gasteiger partial charge is 0.478 e. The number of rotatable bonds is 5. The second-order valence-electron chi connectivity index (χ2n) is 9.70. The lowest BCUT2D eigenvalue weighted by Crippen LogP contribution is -2.51. The summed E-state index contributed by atoms with van der Waals surface area (Å²) in [4.78, 5) is 29.9. The van der Waals surface area contributed by atoms with E-state index in [0.717, 1.165) is 43.4 Å². The van der Waals surface area contributed by atoms with E-state index in [2.05, 4.69) is 78.4 Å². The van der Waals surface area contributed by atoms with Crippen molar-refractivity contribution in [3.63, 3.8) is 0 Å². The maximum Gasteiger partial charge on any atom is 0.490 e. The van der Waals surface area contributed by atoms with E-state index in [9.17, 15) is 23.1 Å². The van der Waals surface area contributed by atoms with Gasteiger partial charge in [0.05, 0.1) is 12.1 Å². The van der Waals surface area contributed by atoms with E-state index < -0.39 is 18.1 Å². The molecule has 1 aliphatic heterocycles. The lowest BCUT2D eigenvalue weighted by molar-refractivity contribution is -0.192. The fourth-order valence-corrected chi connectivity index (χ4v) is 4.16. The molecule has 218 valence electrons. The monoisotopic (exact) mass is 570 g/mol. The summed E-state index contributed by atoms with van der Waals surface area (Å²) in [5.74, 6) is -2.93. The first-order valence-corrected chi connectivity index (χ1v) is 12.9. The van der Waals surface area contributed by atoms with Gasteiger partial charge in [0, 0.05) is 37.6 Å². The third-order valence-electron chi connectivity index (χ3n) is 6.42. The Labute approximate surface area is 236 Å². The molecule has 0 unspecified atom stereocenters. The average Bonchev–Trinajstić information content (AvgIpc) is 2.93. The number of guanidine groups is 1. The molecule has 0 aliphatic carbocycles. The van der Waals surface area contributed by atoms with Gasteiger partial charge in [-0.3, -0.25) is 0 Å². The van der Waals surface area contributed by atoms with E-state index in [4.69, 9.17) is 14.9 Å². The van der Waals surface area contributed by atoms with E-state index in [1.165, 1.54) is 22.4 Å². The van der Waals surface area contributed by atoms with Crippen molar-refractivity contribution in [3.05, 3.63) is 94.5 Å². The predicted molar refractivity (Wildman–Crippen MR) is 153 cm³/mol. The first-order valence-electron chi connectivity index (χ1n) is 12.9. The van der Waals surface area contributed by atoms with Crippen molar-refractivity contribution in [1.82, 2.24) is 4.90 Å². The molecule has 0 radical (unpaired) electrons. The zero-order valence-corrected chi connectivity index (χ0v) is 23.1. The van der Waals surface area contributed by atoms with E-state index in [-0.39, 0.29) is 5.56 Å². The quantitative estimate of drug-likeness (QED) is 0.266. The van der Waals surface area contributed by atoms with Crippen LogP contribution in [0.1, 0.15) is 32.6 Å². The van der Waals surface area contributed by atoms with Gasteiger partial charge in [-0.1, -0.05) is 48.0 Å². The van der Waals surface area contributed by atoms with Crippen LogP contribution in [0.4, 0.5) is 24.5 Å². The molecular formula is C30H33F3N4O4. The Morgan fingerprint density at radius 3 is 2.07 bits per heavy atom. The lowest BCUT2D eigenvalue weighted by Gasteiger charge is -2.38. The number of benzene rings is 3. The molecule has 1 heterocycles. The number of aryl methyl sites for hydroxylation is 3. The Bertz CT molecular complexity index is 1380. The van der Waals surface area contributed by atoms with Gasteiger partial charge < -0.3 is 25.3 Å². The van der Waals surface area contributed by atoms with E-state index in [1.807, 2.05) is 6.07 Å². The number of halogens is 3. The average molecular weight is 571 g/mol. The molecule has 0 aromatic heterocycles. The lowest BCUT2D eigenvalue weighted by atomic mass is 10.1. The number of aromatic carboxylic acids is 1. The number of nitrogens with zero attached hydrogens (tertiary/aromatic N) is 3. The summed E-state index contributed by atoms with van der Waals surface area (Å²) in [6.45, 7) is 10.4. The van der Waals surface area contributed by atoms with E-state index in [1.54, 1.807) is 18.2 Å². The largest absolute Gasteiger partial charge is 0.490 e. The van der Waals surface area contributed by atoms with Gasteiger partial charge in [-0.2, -0.15) is 13.2 Å². The minimum Gasteiger partial charge on any atom is -0.478 e. The summed E-state index contributed by atoms with van der Waals surface area (Å²) in [7, 11) is 0. The van der Waals surface area contributed by atoms with Crippen LogP contribution in [0.5, 0.6) is 0 Å². The number of hydrogen-bond acceptors (Lipinski definition) is 4. The number of anilines is 2. The Morgan fingerprint density at radius 1 is 0.878 bits per heavy atom. The number of alkyl halides is 3. The Hall–Kier alpha value is -4.54. The molecular weight excluding hydrogens is 537 g/mol. The normalized spacial score (nSPS) is 13.8. The number of aliphatic imine (C=N–C) groups is 1. The first-order chi connectivity index (χ1) is 19.3. The zero-order valence-electron chi connectivity index (χ0n) is 23.1. The zero-order chi connectivity index (χ0) is 30.2.